The third kappa shape index (κ3) is 4.11. The lowest BCUT2D eigenvalue weighted by Gasteiger charge is -2.17. The largest absolute Gasteiger partial charge is 0.334 e. The van der Waals surface area contributed by atoms with Crippen LogP contribution in [0.2, 0.25) is 0 Å². The summed E-state index contributed by atoms with van der Waals surface area (Å²) in [7, 11) is -3.31. The summed E-state index contributed by atoms with van der Waals surface area (Å²) < 4.78 is 25.1. The van der Waals surface area contributed by atoms with Crippen molar-refractivity contribution in [1.82, 2.24) is 5.32 Å². The fourth-order valence-electron chi connectivity index (χ4n) is 2.84. The molecular formula is C18H21N3O3S. The molecule has 0 spiro atoms. The maximum atomic E-state index is 12.1. The van der Waals surface area contributed by atoms with Crippen LogP contribution >= 0.6 is 0 Å². The van der Waals surface area contributed by atoms with Crippen LogP contribution in [-0.2, 0) is 23.0 Å². The fourth-order valence-corrected chi connectivity index (χ4v) is 3.79. The molecule has 0 unspecified atom stereocenters. The average molecular weight is 359 g/mol. The van der Waals surface area contributed by atoms with Crippen LogP contribution in [-0.4, -0.2) is 27.2 Å². The zero-order chi connectivity index (χ0) is 18.0. The predicted octanol–water partition coefficient (Wildman–Crippen LogP) is 2.64. The monoisotopic (exact) mass is 359 g/mol. The molecule has 2 amide bonds. The van der Waals surface area contributed by atoms with Gasteiger partial charge in [0.05, 0.1) is 11.9 Å². The van der Waals surface area contributed by atoms with Crippen molar-refractivity contribution in [2.24, 2.45) is 0 Å². The highest BCUT2D eigenvalue weighted by Gasteiger charge is 2.26. The highest BCUT2D eigenvalue weighted by Crippen LogP contribution is 2.32. The number of benzene rings is 2. The van der Waals surface area contributed by atoms with E-state index in [1.165, 1.54) is 16.1 Å². The summed E-state index contributed by atoms with van der Waals surface area (Å²) in [6.07, 6.45) is 1.87. The van der Waals surface area contributed by atoms with E-state index in [0.717, 1.165) is 11.1 Å². The van der Waals surface area contributed by atoms with Crippen LogP contribution in [0.15, 0.2) is 42.5 Å². The number of hydrogen-bond acceptors (Lipinski definition) is 3. The van der Waals surface area contributed by atoms with Crippen molar-refractivity contribution in [3.63, 3.8) is 0 Å². The predicted molar refractivity (Wildman–Crippen MR) is 99.4 cm³/mol. The number of hydrogen-bond donors (Lipinski definition) is 2. The van der Waals surface area contributed by atoms with Crippen molar-refractivity contribution in [2.75, 3.05) is 22.4 Å². The number of amides is 2. The molecule has 0 aliphatic carbocycles. The molecule has 3 rings (SSSR count). The van der Waals surface area contributed by atoms with Crippen LogP contribution in [0.1, 0.15) is 16.7 Å². The zero-order valence-electron chi connectivity index (χ0n) is 14.2. The van der Waals surface area contributed by atoms with Crippen molar-refractivity contribution in [3.8, 4) is 0 Å². The van der Waals surface area contributed by atoms with E-state index in [1.54, 1.807) is 12.1 Å². The molecule has 132 valence electrons. The van der Waals surface area contributed by atoms with Crippen LogP contribution in [0.3, 0.4) is 0 Å². The minimum Gasteiger partial charge on any atom is -0.334 e. The smallest absolute Gasteiger partial charge is 0.319 e. The molecule has 0 saturated heterocycles. The van der Waals surface area contributed by atoms with Crippen LogP contribution in [0.25, 0.3) is 0 Å². The molecule has 0 aromatic heterocycles. The summed E-state index contributed by atoms with van der Waals surface area (Å²) >= 11 is 0. The Bertz CT molecular complexity index is 892. The highest BCUT2D eigenvalue weighted by atomic mass is 32.2. The Morgan fingerprint density at radius 2 is 1.88 bits per heavy atom. The lowest BCUT2D eigenvalue weighted by molar-refractivity contribution is 0.251. The third-order valence-electron chi connectivity index (χ3n) is 4.17. The first-order valence-corrected chi connectivity index (χ1v) is 9.89. The van der Waals surface area contributed by atoms with Gasteiger partial charge < -0.3 is 10.6 Å². The van der Waals surface area contributed by atoms with Gasteiger partial charge in [-0.15, -0.1) is 0 Å². The maximum Gasteiger partial charge on any atom is 0.319 e. The van der Waals surface area contributed by atoms with Gasteiger partial charge in [0.2, 0.25) is 10.0 Å². The quantitative estimate of drug-likeness (QED) is 0.881. The van der Waals surface area contributed by atoms with Gasteiger partial charge in [0, 0.05) is 18.8 Å². The van der Waals surface area contributed by atoms with Gasteiger partial charge in [-0.3, -0.25) is 4.31 Å². The molecule has 25 heavy (non-hydrogen) atoms. The number of nitrogens with zero attached hydrogens (tertiary/aromatic N) is 1. The lowest BCUT2D eigenvalue weighted by Crippen LogP contribution is -2.29. The lowest BCUT2D eigenvalue weighted by atomic mass is 10.1. The van der Waals surface area contributed by atoms with Crippen LogP contribution in [0.5, 0.6) is 0 Å². The minimum absolute atomic E-state index is 0.329. The average Bonchev–Trinajstić information content (AvgIpc) is 2.98. The van der Waals surface area contributed by atoms with E-state index in [2.05, 4.69) is 10.6 Å². The van der Waals surface area contributed by atoms with E-state index in [-0.39, 0.29) is 6.03 Å². The summed E-state index contributed by atoms with van der Waals surface area (Å²) in [6.45, 7) is 2.88. The first-order valence-electron chi connectivity index (χ1n) is 8.04. The summed E-state index contributed by atoms with van der Waals surface area (Å²) in [5, 5.41) is 5.55. The Morgan fingerprint density at radius 3 is 2.56 bits per heavy atom. The Hall–Kier alpha value is -2.54. The SMILES string of the molecule is Cc1ccc(CNC(=O)Nc2ccc3c(c2)N(S(C)(=O)=O)CC3)cc1. The van der Waals surface area contributed by atoms with Gasteiger partial charge in [0.25, 0.3) is 0 Å². The van der Waals surface area contributed by atoms with Crippen LogP contribution in [0, 0.1) is 6.92 Å². The molecule has 2 aromatic rings. The van der Waals surface area contributed by atoms with Crippen molar-refractivity contribution in [3.05, 3.63) is 59.2 Å². The van der Waals surface area contributed by atoms with Crippen molar-refractivity contribution in [2.45, 2.75) is 19.9 Å². The summed E-state index contributed by atoms with van der Waals surface area (Å²) in [4.78, 5) is 12.1. The van der Waals surface area contributed by atoms with Gasteiger partial charge in [0.1, 0.15) is 0 Å². The van der Waals surface area contributed by atoms with Gasteiger partial charge in [-0.05, 0) is 36.6 Å². The highest BCUT2D eigenvalue weighted by molar-refractivity contribution is 7.92. The Morgan fingerprint density at radius 1 is 1.16 bits per heavy atom. The molecule has 1 heterocycles. The molecule has 0 radical (unpaired) electrons. The fraction of sp³-hybridized carbons (Fsp3) is 0.278. The van der Waals surface area contributed by atoms with E-state index in [1.807, 2.05) is 37.3 Å². The Kier molecular flexibility index (Phi) is 4.67. The molecular weight excluding hydrogens is 338 g/mol. The summed E-state index contributed by atoms with van der Waals surface area (Å²) in [5.41, 5.74) is 4.35. The Labute approximate surface area is 147 Å². The van der Waals surface area contributed by atoms with Crippen molar-refractivity contribution < 1.29 is 13.2 Å². The number of urea groups is 1. The van der Waals surface area contributed by atoms with Crippen molar-refractivity contribution >= 4 is 27.4 Å². The number of aryl methyl sites for hydroxylation is 1. The number of sulfonamides is 1. The molecule has 0 atom stereocenters. The Balaban J connectivity index is 1.65. The first kappa shape index (κ1) is 17.3. The molecule has 0 saturated carbocycles. The number of carbonyl (C=O) groups excluding carboxylic acids is 1. The number of fused-ring (bicyclic) bond motifs is 1. The second-order valence-corrected chi connectivity index (χ2v) is 8.13. The topological polar surface area (TPSA) is 78.5 Å². The molecule has 7 heteroatoms. The van der Waals surface area contributed by atoms with Gasteiger partial charge in [-0.1, -0.05) is 35.9 Å². The van der Waals surface area contributed by atoms with Gasteiger partial charge in [-0.2, -0.15) is 0 Å². The maximum absolute atomic E-state index is 12.1. The van der Waals surface area contributed by atoms with Gasteiger partial charge in [0.15, 0.2) is 0 Å². The second kappa shape index (κ2) is 6.76. The molecule has 1 aliphatic rings. The molecule has 2 N–H and O–H groups in total. The van der Waals surface area contributed by atoms with E-state index >= 15 is 0 Å². The van der Waals surface area contributed by atoms with Gasteiger partial charge >= 0.3 is 6.03 Å². The molecule has 2 aromatic carbocycles. The number of nitrogens with one attached hydrogen (secondary N) is 2. The zero-order valence-corrected chi connectivity index (χ0v) is 15.1. The molecule has 1 aliphatic heterocycles. The second-order valence-electron chi connectivity index (χ2n) is 6.22. The van der Waals surface area contributed by atoms with E-state index < -0.39 is 10.0 Å². The normalized spacial score (nSPS) is 13.4. The summed E-state index contributed by atoms with van der Waals surface area (Å²) in [5.74, 6) is 0. The molecule has 0 fully saturated rings. The molecule has 0 bridgehead atoms. The molecule has 6 nitrogen and oxygen atoms in total. The van der Waals surface area contributed by atoms with Crippen LogP contribution < -0.4 is 14.9 Å². The van der Waals surface area contributed by atoms with E-state index in [9.17, 15) is 13.2 Å². The number of anilines is 2. The van der Waals surface area contributed by atoms with Crippen molar-refractivity contribution in [1.29, 1.82) is 0 Å². The minimum atomic E-state index is -3.31. The first-order chi connectivity index (χ1) is 11.8. The standard InChI is InChI=1S/C18H21N3O3S/c1-13-3-5-14(6-4-13)12-19-18(22)20-16-8-7-15-9-10-21(17(15)11-16)25(2,23)24/h3-8,11H,9-10,12H2,1-2H3,(H2,19,20,22). The van der Waals surface area contributed by atoms with E-state index in [4.69, 9.17) is 0 Å². The number of rotatable bonds is 4. The van der Waals surface area contributed by atoms with E-state index in [0.29, 0.717) is 30.9 Å². The van der Waals surface area contributed by atoms with Crippen LogP contribution in [0.4, 0.5) is 16.2 Å². The summed E-state index contributed by atoms with van der Waals surface area (Å²) in [6, 6.07) is 12.9. The van der Waals surface area contributed by atoms with Gasteiger partial charge in [-0.25, -0.2) is 13.2 Å². The third-order valence-corrected chi connectivity index (χ3v) is 5.35. The number of carbonyl (C=O) groups is 1.